The summed E-state index contributed by atoms with van der Waals surface area (Å²) >= 11 is 0. The summed E-state index contributed by atoms with van der Waals surface area (Å²) in [5.41, 5.74) is 1.02. The molecule has 0 fully saturated rings. The highest BCUT2D eigenvalue weighted by atomic mass is 16.5. The van der Waals surface area contributed by atoms with Crippen LogP contribution >= 0.6 is 0 Å². The third-order valence-corrected chi connectivity index (χ3v) is 2.32. The van der Waals surface area contributed by atoms with Crippen LogP contribution in [0.4, 0.5) is 0 Å². The van der Waals surface area contributed by atoms with Gasteiger partial charge in [-0.1, -0.05) is 18.2 Å². The Morgan fingerprint density at radius 3 is 2.53 bits per heavy atom. The van der Waals surface area contributed by atoms with E-state index in [1.54, 1.807) is 14.2 Å². The molecule has 0 saturated heterocycles. The first-order valence-corrected chi connectivity index (χ1v) is 4.79. The van der Waals surface area contributed by atoms with Crippen molar-refractivity contribution in [1.82, 2.24) is 5.32 Å². The Kier molecular flexibility index (Phi) is 4.18. The molecule has 15 heavy (non-hydrogen) atoms. The molecule has 0 amide bonds. The first-order valence-electron chi connectivity index (χ1n) is 4.79. The fraction of sp³-hybridized carbons (Fsp3) is 0.333. The van der Waals surface area contributed by atoms with Crippen molar-refractivity contribution in [1.29, 1.82) is 0 Å². The van der Waals surface area contributed by atoms with E-state index >= 15 is 0 Å². The first kappa shape index (κ1) is 11.6. The fourth-order valence-corrected chi connectivity index (χ4v) is 1.56. The number of hydrogen-bond donors (Lipinski definition) is 1. The molecule has 0 saturated carbocycles. The maximum absolute atomic E-state index is 5.34. The van der Waals surface area contributed by atoms with Crippen molar-refractivity contribution in [2.75, 3.05) is 21.3 Å². The van der Waals surface area contributed by atoms with Crippen molar-refractivity contribution >= 4 is 0 Å². The number of ether oxygens (including phenoxy) is 2. The Labute approximate surface area is 90.7 Å². The quantitative estimate of drug-likeness (QED) is 0.750. The highest BCUT2D eigenvalue weighted by molar-refractivity contribution is 5.49. The second-order valence-corrected chi connectivity index (χ2v) is 3.08. The number of rotatable bonds is 5. The summed E-state index contributed by atoms with van der Waals surface area (Å²) in [6, 6.07) is 5.86. The smallest absolute Gasteiger partial charge is 0.165 e. The predicted molar refractivity (Wildman–Crippen MR) is 61.5 cm³/mol. The maximum Gasteiger partial charge on any atom is 0.165 e. The first-order chi connectivity index (χ1) is 7.28. The number of hydrogen-bond acceptors (Lipinski definition) is 3. The summed E-state index contributed by atoms with van der Waals surface area (Å²) in [5, 5.41) is 3.14. The van der Waals surface area contributed by atoms with Crippen molar-refractivity contribution in [2.45, 2.75) is 6.04 Å². The summed E-state index contributed by atoms with van der Waals surface area (Å²) < 4.78 is 10.6. The molecule has 1 aromatic rings. The molecule has 3 heteroatoms. The standard InChI is InChI=1S/C12H17NO2/c1-5-10(13-2)9-7-6-8-11(14-3)12(9)15-4/h5-8,10,13H,1H2,2-4H3. The van der Waals surface area contributed by atoms with Gasteiger partial charge < -0.3 is 14.8 Å². The average molecular weight is 207 g/mol. The fourth-order valence-electron chi connectivity index (χ4n) is 1.56. The summed E-state index contributed by atoms with van der Waals surface area (Å²) in [6.07, 6.45) is 1.83. The SMILES string of the molecule is C=CC(NC)c1cccc(OC)c1OC. The summed E-state index contributed by atoms with van der Waals surface area (Å²) in [7, 11) is 5.15. The number of para-hydroxylation sites is 1. The highest BCUT2D eigenvalue weighted by Gasteiger charge is 2.14. The van der Waals surface area contributed by atoms with Crippen LogP contribution in [0.3, 0.4) is 0 Å². The predicted octanol–water partition coefficient (Wildman–Crippen LogP) is 2.15. The Morgan fingerprint density at radius 2 is 2.07 bits per heavy atom. The van der Waals surface area contributed by atoms with E-state index in [-0.39, 0.29) is 6.04 Å². The molecule has 1 rings (SSSR count). The number of nitrogens with one attached hydrogen (secondary N) is 1. The Bertz CT molecular complexity index is 336. The van der Waals surface area contributed by atoms with E-state index in [2.05, 4.69) is 11.9 Å². The number of likely N-dealkylation sites (N-methyl/N-ethyl adjacent to an activating group) is 1. The van der Waals surface area contributed by atoms with E-state index in [0.717, 1.165) is 17.1 Å². The largest absolute Gasteiger partial charge is 0.493 e. The third kappa shape index (κ3) is 2.30. The molecule has 0 aliphatic rings. The van der Waals surface area contributed by atoms with Crippen molar-refractivity contribution in [2.24, 2.45) is 0 Å². The van der Waals surface area contributed by atoms with Crippen molar-refractivity contribution in [3.8, 4) is 11.5 Å². The molecule has 3 nitrogen and oxygen atoms in total. The molecular weight excluding hydrogens is 190 g/mol. The number of benzene rings is 1. The maximum atomic E-state index is 5.34. The van der Waals surface area contributed by atoms with Gasteiger partial charge in [-0.2, -0.15) is 0 Å². The molecule has 0 aliphatic heterocycles. The second-order valence-electron chi connectivity index (χ2n) is 3.08. The minimum absolute atomic E-state index is 0.0649. The van der Waals surface area contributed by atoms with Gasteiger partial charge in [0.1, 0.15) is 0 Å². The van der Waals surface area contributed by atoms with Crippen LogP contribution in [0.15, 0.2) is 30.9 Å². The van der Waals surface area contributed by atoms with Crippen LogP contribution in [-0.2, 0) is 0 Å². The van der Waals surface area contributed by atoms with E-state index in [0.29, 0.717) is 0 Å². The van der Waals surface area contributed by atoms with Gasteiger partial charge >= 0.3 is 0 Å². The van der Waals surface area contributed by atoms with Gasteiger partial charge in [-0.15, -0.1) is 6.58 Å². The molecule has 82 valence electrons. The zero-order valence-corrected chi connectivity index (χ0v) is 9.41. The van der Waals surface area contributed by atoms with Crippen LogP contribution < -0.4 is 14.8 Å². The Balaban J connectivity index is 3.21. The molecule has 0 bridgehead atoms. The van der Waals surface area contributed by atoms with Crippen LogP contribution in [-0.4, -0.2) is 21.3 Å². The van der Waals surface area contributed by atoms with Gasteiger partial charge in [-0.05, 0) is 13.1 Å². The highest BCUT2D eigenvalue weighted by Crippen LogP contribution is 2.34. The van der Waals surface area contributed by atoms with Crippen LogP contribution in [0.2, 0.25) is 0 Å². The van der Waals surface area contributed by atoms with Crippen LogP contribution in [0, 0.1) is 0 Å². The molecule has 1 atom stereocenters. The van der Waals surface area contributed by atoms with Gasteiger partial charge in [-0.25, -0.2) is 0 Å². The van der Waals surface area contributed by atoms with Crippen LogP contribution in [0.5, 0.6) is 11.5 Å². The topological polar surface area (TPSA) is 30.5 Å². The lowest BCUT2D eigenvalue weighted by Gasteiger charge is -2.17. The van der Waals surface area contributed by atoms with Gasteiger partial charge in [0, 0.05) is 5.56 Å². The molecule has 0 aromatic heterocycles. The minimum Gasteiger partial charge on any atom is -0.493 e. The minimum atomic E-state index is 0.0649. The van der Waals surface area contributed by atoms with Gasteiger partial charge in [0.25, 0.3) is 0 Å². The molecular formula is C12H17NO2. The Morgan fingerprint density at radius 1 is 1.33 bits per heavy atom. The monoisotopic (exact) mass is 207 g/mol. The molecule has 0 spiro atoms. The van der Waals surface area contributed by atoms with Crippen molar-refractivity contribution in [3.05, 3.63) is 36.4 Å². The van der Waals surface area contributed by atoms with Crippen LogP contribution in [0.25, 0.3) is 0 Å². The molecule has 1 unspecified atom stereocenters. The molecule has 1 N–H and O–H groups in total. The summed E-state index contributed by atoms with van der Waals surface area (Å²) in [6.45, 7) is 3.78. The zero-order chi connectivity index (χ0) is 11.3. The van der Waals surface area contributed by atoms with Gasteiger partial charge in [-0.3, -0.25) is 0 Å². The molecule has 0 radical (unpaired) electrons. The lowest BCUT2D eigenvalue weighted by molar-refractivity contribution is 0.349. The lowest BCUT2D eigenvalue weighted by Crippen LogP contribution is -2.14. The zero-order valence-electron chi connectivity index (χ0n) is 9.41. The molecule has 0 heterocycles. The molecule has 0 aliphatic carbocycles. The van der Waals surface area contributed by atoms with Crippen molar-refractivity contribution < 1.29 is 9.47 Å². The third-order valence-electron chi connectivity index (χ3n) is 2.32. The van der Waals surface area contributed by atoms with Crippen molar-refractivity contribution in [3.63, 3.8) is 0 Å². The Hall–Kier alpha value is -1.48. The van der Waals surface area contributed by atoms with Gasteiger partial charge in [0.2, 0.25) is 0 Å². The lowest BCUT2D eigenvalue weighted by atomic mass is 10.1. The molecule has 1 aromatic carbocycles. The summed E-state index contributed by atoms with van der Waals surface area (Å²) in [4.78, 5) is 0. The van der Waals surface area contributed by atoms with E-state index in [4.69, 9.17) is 9.47 Å². The summed E-state index contributed by atoms with van der Waals surface area (Å²) in [5.74, 6) is 1.48. The van der Waals surface area contributed by atoms with E-state index in [1.165, 1.54) is 0 Å². The number of methoxy groups -OCH3 is 2. The van der Waals surface area contributed by atoms with E-state index < -0.39 is 0 Å². The van der Waals surface area contributed by atoms with Gasteiger partial charge in [0.15, 0.2) is 11.5 Å². The second kappa shape index (κ2) is 5.41. The van der Waals surface area contributed by atoms with E-state index in [9.17, 15) is 0 Å². The van der Waals surface area contributed by atoms with Crippen LogP contribution in [0.1, 0.15) is 11.6 Å². The van der Waals surface area contributed by atoms with E-state index in [1.807, 2.05) is 31.3 Å². The normalized spacial score (nSPS) is 11.9. The average Bonchev–Trinajstić information content (AvgIpc) is 2.30. The van der Waals surface area contributed by atoms with Gasteiger partial charge in [0.05, 0.1) is 20.3 Å².